The number of anilines is 1. The molecule has 0 radical (unpaired) electrons. The molecule has 1 aromatic rings. The third kappa shape index (κ3) is 5.45. The summed E-state index contributed by atoms with van der Waals surface area (Å²) in [7, 11) is 0. The molecule has 1 heterocycles. The first-order valence-electron chi connectivity index (χ1n) is 8.89. The van der Waals surface area contributed by atoms with Gasteiger partial charge in [0.05, 0.1) is 10.6 Å². The van der Waals surface area contributed by atoms with Crippen molar-refractivity contribution in [1.29, 1.82) is 5.26 Å². The summed E-state index contributed by atoms with van der Waals surface area (Å²) in [6, 6.07) is 5.81. The number of hydrogen-bond acceptors (Lipinski definition) is 6. The second-order valence-corrected chi connectivity index (χ2v) is 7.45. The molecule has 2 rings (SSSR count). The van der Waals surface area contributed by atoms with Crippen molar-refractivity contribution in [2.45, 2.75) is 45.3 Å². The van der Waals surface area contributed by atoms with Gasteiger partial charge in [0.15, 0.2) is 6.10 Å². The van der Waals surface area contributed by atoms with Gasteiger partial charge in [-0.15, -0.1) is 0 Å². The molecule has 4 amide bonds. The Labute approximate surface area is 172 Å². The van der Waals surface area contributed by atoms with E-state index in [1.165, 1.54) is 25.1 Å². The minimum absolute atomic E-state index is 0.0577. The summed E-state index contributed by atoms with van der Waals surface area (Å²) < 4.78 is 5.08. The van der Waals surface area contributed by atoms with Crippen LogP contribution < -0.4 is 10.6 Å². The third-order valence-corrected chi connectivity index (χ3v) is 4.55. The van der Waals surface area contributed by atoms with Crippen molar-refractivity contribution < 1.29 is 23.9 Å². The van der Waals surface area contributed by atoms with Crippen molar-refractivity contribution in [3.05, 3.63) is 28.8 Å². The summed E-state index contributed by atoms with van der Waals surface area (Å²) in [5.74, 6) is -1.54. The van der Waals surface area contributed by atoms with Crippen LogP contribution in [0.4, 0.5) is 10.5 Å². The Morgan fingerprint density at radius 3 is 2.62 bits per heavy atom. The molecule has 0 bridgehead atoms. The summed E-state index contributed by atoms with van der Waals surface area (Å²) in [6.45, 7) is 4.69. The number of carbonyl (C=O) groups is 4. The van der Waals surface area contributed by atoms with E-state index in [4.69, 9.17) is 21.6 Å². The van der Waals surface area contributed by atoms with Crippen LogP contribution in [0.15, 0.2) is 18.2 Å². The topological polar surface area (TPSA) is 129 Å². The summed E-state index contributed by atoms with van der Waals surface area (Å²) in [5, 5.41) is 14.1. The average Bonchev–Trinajstić information content (AvgIpc) is 2.83. The van der Waals surface area contributed by atoms with Crippen LogP contribution in [0.2, 0.25) is 5.02 Å². The number of imide groups is 1. The number of esters is 1. The van der Waals surface area contributed by atoms with Gasteiger partial charge in [-0.25, -0.2) is 4.79 Å². The predicted molar refractivity (Wildman–Crippen MR) is 104 cm³/mol. The Morgan fingerprint density at radius 2 is 2.07 bits per heavy atom. The molecule has 1 aliphatic heterocycles. The van der Waals surface area contributed by atoms with Crippen molar-refractivity contribution in [2.75, 3.05) is 11.9 Å². The van der Waals surface area contributed by atoms with Crippen LogP contribution in [0.3, 0.4) is 0 Å². The van der Waals surface area contributed by atoms with Gasteiger partial charge in [-0.05, 0) is 45.4 Å². The number of nitriles is 1. The number of carbonyl (C=O) groups excluding carboxylic acids is 4. The van der Waals surface area contributed by atoms with Gasteiger partial charge in [-0.1, -0.05) is 11.6 Å². The SMILES string of the molecule is C[C@@H](OC(=O)CCCN1C(=O)NC(C)(C)C1=O)C(=O)Nc1ccc(C#N)c(Cl)c1. The minimum Gasteiger partial charge on any atom is -0.453 e. The fourth-order valence-electron chi connectivity index (χ4n) is 2.64. The molecule has 0 aliphatic carbocycles. The molecule has 154 valence electrons. The van der Waals surface area contributed by atoms with E-state index in [1.54, 1.807) is 13.8 Å². The molecule has 1 aromatic carbocycles. The lowest BCUT2D eigenvalue weighted by Crippen LogP contribution is -2.40. The van der Waals surface area contributed by atoms with E-state index in [9.17, 15) is 19.2 Å². The van der Waals surface area contributed by atoms with Crippen LogP contribution in [0, 0.1) is 11.3 Å². The van der Waals surface area contributed by atoms with E-state index in [2.05, 4.69) is 10.6 Å². The summed E-state index contributed by atoms with van der Waals surface area (Å²) in [6.07, 6.45) is -0.904. The molecular weight excluding hydrogens is 400 g/mol. The van der Waals surface area contributed by atoms with Crippen molar-refractivity contribution in [1.82, 2.24) is 10.2 Å². The maximum atomic E-state index is 12.2. The standard InChI is InChI=1S/C19H21ClN4O5/c1-11(16(26)22-13-7-6-12(10-21)14(20)9-13)29-15(25)5-4-8-24-17(27)19(2,3)23-18(24)28/h6-7,9,11H,4-5,8H2,1-3H3,(H,22,26)(H,23,28)/t11-/m1/s1. The molecule has 0 saturated carbocycles. The Hall–Kier alpha value is -3.12. The van der Waals surface area contributed by atoms with Crippen molar-refractivity contribution in [2.24, 2.45) is 0 Å². The summed E-state index contributed by atoms with van der Waals surface area (Å²) in [5.41, 5.74) is -0.320. The zero-order valence-electron chi connectivity index (χ0n) is 16.2. The molecule has 0 unspecified atom stereocenters. The highest BCUT2D eigenvalue weighted by atomic mass is 35.5. The van der Waals surface area contributed by atoms with Crippen molar-refractivity contribution >= 4 is 41.1 Å². The van der Waals surface area contributed by atoms with Gasteiger partial charge in [0.25, 0.3) is 11.8 Å². The number of rotatable bonds is 7. The van der Waals surface area contributed by atoms with E-state index in [1.807, 2.05) is 6.07 Å². The minimum atomic E-state index is -1.06. The summed E-state index contributed by atoms with van der Waals surface area (Å²) >= 11 is 5.91. The van der Waals surface area contributed by atoms with Gasteiger partial charge in [-0.2, -0.15) is 5.26 Å². The van der Waals surface area contributed by atoms with Gasteiger partial charge in [-0.3, -0.25) is 19.3 Å². The Balaban J connectivity index is 1.79. The van der Waals surface area contributed by atoms with Gasteiger partial charge in [0, 0.05) is 18.7 Å². The van der Waals surface area contributed by atoms with Gasteiger partial charge >= 0.3 is 12.0 Å². The van der Waals surface area contributed by atoms with Crippen LogP contribution in [0.5, 0.6) is 0 Å². The molecule has 9 nitrogen and oxygen atoms in total. The van der Waals surface area contributed by atoms with E-state index < -0.39 is 29.6 Å². The third-order valence-electron chi connectivity index (χ3n) is 4.24. The van der Waals surface area contributed by atoms with Crippen LogP contribution in [-0.2, 0) is 19.1 Å². The monoisotopic (exact) mass is 420 g/mol. The fraction of sp³-hybridized carbons (Fsp3) is 0.421. The second kappa shape index (κ2) is 8.92. The van der Waals surface area contributed by atoms with E-state index in [0.717, 1.165) is 4.90 Å². The summed E-state index contributed by atoms with van der Waals surface area (Å²) in [4.78, 5) is 49.0. The fourth-order valence-corrected chi connectivity index (χ4v) is 2.86. The van der Waals surface area contributed by atoms with Crippen molar-refractivity contribution in [3.8, 4) is 6.07 Å². The smallest absolute Gasteiger partial charge is 0.325 e. The molecule has 0 aromatic heterocycles. The number of nitrogens with one attached hydrogen (secondary N) is 2. The van der Waals surface area contributed by atoms with Crippen LogP contribution >= 0.6 is 11.6 Å². The zero-order valence-corrected chi connectivity index (χ0v) is 17.0. The molecule has 0 spiro atoms. The molecule has 29 heavy (non-hydrogen) atoms. The number of nitrogens with zero attached hydrogens (tertiary/aromatic N) is 2. The average molecular weight is 421 g/mol. The number of amides is 4. The maximum absolute atomic E-state index is 12.2. The lowest BCUT2D eigenvalue weighted by molar-refractivity contribution is -0.153. The molecule has 1 saturated heterocycles. The molecule has 2 N–H and O–H groups in total. The first-order valence-corrected chi connectivity index (χ1v) is 9.27. The number of hydrogen-bond donors (Lipinski definition) is 2. The number of urea groups is 1. The second-order valence-electron chi connectivity index (χ2n) is 7.04. The van der Waals surface area contributed by atoms with Gasteiger partial charge in [0.1, 0.15) is 11.6 Å². The lowest BCUT2D eigenvalue weighted by Gasteiger charge is -2.16. The number of halogens is 1. The Morgan fingerprint density at radius 1 is 1.38 bits per heavy atom. The molecular formula is C19H21ClN4O5. The lowest BCUT2D eigenvalue weighted by atomic mass is 10.1. The van der Waals surface area contributed by atoms with Crippen molar-refractivity contribution in [3.63, 3.8) is 0 Å². The van der Waals surface area contributed by atoms with Gasteiger partial charge < -0.3 is 15.4 Å². The molecule has 1 fully saturated rings. The first-order chi connectivity index (χ1) is 13.5. The zero-order chi connectivity index (χ0) is 21.8. The Kier molecular flexibility index (Phi) is 6.82. The van der Waals surface area contributed by atoms with E-state index in [-0.39, 0.29) is 35.9 Å². The van der Waals surface area contributed by atoms with E-state index in [0.29, 0.717) is 5.69 Å². The Bertz CT molecular complexity index is 893. The predicted octanol–water partition coefficient (Wildman–Crippen LogP) is 2.19. The molecule has 1 aliphatic rings. The first kappa shape index (κ1) is 22.2. The quantitative estimate of drug-likeness (QED) is 0.514. The normalized spacial score (nSPS) is 16.0. The molecule has 10 heteroatoms. The highest BCUT2D eigenvalue weighted by molar-refractivity contribution is 6.32. The number of ether oxygens (including phenoxy) is 1. The highest BCUT2D eigenvalue weighted by Gasteiger charge is 2.43. The van der Waals surface area contributed by atoms with Crippen LogP contribution in [-0.4, -0.2) is 46.9 Å². The van der Waals surface area contributed by atoms with Crippen LogP contribution in [0.1, 0.15) is 39.2 Å². The van der Waals surface area contributed by atoms with E-state index >= 15 is 0 Å². The maximum Gasteiger partial charge on any atom is 0.325 e. The number of benzene rings is 1. The van der Waals surface area contributed by atoms with Crippen LogP contribution in [0.25, 0.3) is 0 Å². The molecule has 1 atom stereocenters. The largest absolute Gasteiger partial charge is 0.453 e. The van der Waals surface area contributed by atoms with Gasteiger partial charge in [0.2, 0.25) is 0 Å². The highest BCUT2D eigenvalue weighted by Crippen LogP contribution is 2.20.